The molecule has 1 aliphatic carbocycles. The molecule has 2 aliphatic rings. The van der Waals surface area contributed by atoms with Crippen molar-refractivity contribution in [1.82, 2.24) is 5.32 Å². The number of ether oxygens (including phenoxy) is 1. The van der Waals surface area contributed by atoms with Crippen LogP contribution in [0.5, 0.6) is 0 Å². The summed E-state index contributed by atoms with van der Waals surface area (Å²) in [6.45, 7) is 2.12. The Bertz CT molecular complexity index is 705. The van der Waals surface area contributed by atoms with Gasteiger partial charge in [0.15, 0.2) is 0 Å². The Morgan fingerprint density at radius 2 is 1.62 bits per heavy atom. The fourth-order valence-electron chi connectivity index (χ4n) is 3.96. The fraction of sp³-hybridized carbons (Fsp3) is 0.350. The van der Waals surface area contributed by atoms with Gasteiger partial charge in [0, 0.05) is 5.56 Å². The minimum Gasteiger partial charge on any atom is -0.446 e. The van der Waals surface area contributed by atoms with Gasteiger partial charge < -0.3 is 10.1 Å². The minimum atomic E-state index is -0.351. The predicted molar refractivity (Wildman–Crippen MR) is 94.9 cm³/mol. The van der Waals surface area contributed by atoms with E-state index in [2.05, 4.69) is 10.6 Å². The Morgan fingerprint density at radius 3 is 2.38 bits per heavy atom. The van der Waals surface area contributed by atoms with Crippen molar-refractivity contribution in [3.05, 3.63) is 54.6 Å². The van der Waals surface area contributed by atoms with E-state index in [0.29, 0.717) is 11.8 Å². The zero-order chi connectivity index (χ0) is 16.4. The van der Waals surface area contributed by atoms with Gasteiger partial charge in [-0.1, -0.05) is 48.5 Å². The molecule has 4 rings (SSSR count). The summed E-state index contributed by atoms with van der Waals surface area (Å²) >= 11 is 0. The molecule has 4 heteroatoms. The Hall–Kier alpha value is -2.33. The third-order valence-electron chi connectivity index (χ3n) is 5.13. The first-order valence-electron chi connectivity index (χ1n) is 8.62. The molecule has 1 amide bonds. The first-order valence-corrected chi connectivity index (χ1v) is 8.62. The third-order valence-corrected chi connectivity index (χ3v) is 5.13. The van der Waals surface area contributed by atoms with Crippen LogP contribution in [-0.2, 0) is 4.74 Å². The van der Waals surface area contributed by atoms with E-state index in [-0.39, 0.29) is 12.2 Å². The largest absolute Gasteiger partial charge is 0.446 e. The second kappa shape index (κ2) is 6.65. The van der Waals surface area contributed by atoms with E-state index in [4.69, 9.17) is 4.74 Å². The number of nitrogens with one attached hydrogen (secondary N) is 2. The Labute approximate surface area is 142 Å². The average Bonchev–Trinajstić information content (AvgIpc) is 3.17. The number of hydrogen-bond acceptors (Lipinski definition) is 3. The summed E-state index contributed by atoms with van der Waals surface area (Å²) in [5, 5.41) is 6.33. The highest BCUT2D eigenvalue weighted by Gasteiger charge is 2.39. The average molecular weight is 322 g/mol. The van der Waals surface area contributed by atoms with Crippen LogP contribution in [0.4, 0.5) is 10.5 Å². The number of fused-ring (bicyclic) bond motifs is 1. The number of amides is 1. The van der Waals surface area contributed by atoms with Crippen molar-refractivity contribution in [1.29, 1.82) is 0 Å². The Balaban J connectivity index is 1.43. The highest BCUT2D eigenvalue weighted by molar-refractivity contribution is 5.91. The molecule has 2 aromatic rings. The van der Waals surface area contributed by atoms with Crippen LogP contribution in [0.25, 0.3) is 11.1 Å². The molecule has 1 saturated carbocycles. The number of carbonyl (C=O) groups is 1. The molecular weight excluding hydrogens is 300 g/mol. The van der Waals surface area contributed by atoms with E-state index in [1.54, 1.807) is 0 Å². The predicted octanol–water partition coefficient (Wildman–Crippen LogP) is 3.90. The first kappa shape index (κ1) is 15.2. The van der Waals surface area contributed by atoms with Crippen LogP contribution in [0.15, 0.2) is 54.6 Å². The molecule has 0 spiro atoms. The summed E-state index contributed by atoms with van der Waals surface area (Å²) in [6, 6.07) is 17.9. The first-order chi connectivity index (χ1) is 11.8. The minimum absolute atomic E-state index is 0.0472. The number of anilines is 1. The molecule has 1 unspecified atom stereocenters. The van der Waals surface area contributed by atoms with Crippen LogP contribution in [0.3, 0.4) is 0 Å². The van der Waals surface area contributed by atoms with E-state index in [0.717, 1.165) is 42.7 Å². The quantitative estimate of drug-likeness (QED) is 0.901. The molecule has 1 aliphatic heterocycles. The van der Waals surface area contributed by atoms with E-state index >= 15 is 0 Å². The molecule has 0 aromatic heterocycles. The summed E-state index contributed by atoms with van der Waals surface area (Å²) in [6.07, 6.45) is 1.65. The fourth-order valence-corrected chi connectivity index (χ4v) is 3.96. The molecule has 2 aromatic carbocycles. The monoisotopic (exact) mass is 322 g/mol. The zero-order valence-corrected chi connectivity index (χ0v) is 13.6. The van der Waals surface area contributed by atoms with Gasteiger partial charge in [0.25, 0.3) is 0 Å². The lowest BCUT2D eigenvalue weighted by atomic mass is 10.0. The second-order valence-corrected chi connectivity index (χ2v) is 6.71. The maximum absolute atomic E-state index is 12.3. The van der Waals surface area contributed by atoms with E-state index in [1.807, 2.05) is 54.6 Å². The molecule has 2 fully saturated rings. The van der Waals surface area contributed by atoms with Crippen molar-refractivity contribution in [3.63, 3.8) is 0 Å². The number of benzene rings is 2. The molecule has 0 radical (unpaired) electrons. The van der Waals surface area contributed by atoms with Gasteiger partial charge in [-0.3, -0.25) is 5.32 Å². The van der Waals surface area contributed by atoms with Gasteiger partial charge in [-0.05, 0) is 49.4 Å². The van der Waals surface area contributed by atoms with Crippen LogP contribution in [-0.4, -0.2) is 25.3 Å². The summed E-state index contributed by atoms with van der Waals surface area (Å²) < 4.78 is 5.66. The maximum atomic E-state index is 12.3. The lowest BCUT2D eigenvalue weighted by Crippen LogP contribution is -2.23. The maximum Gasteiger partial charge on any atom is 0.411 e. The van der Waals surface area contributed by atoms with Gasteiger partial charge in [0.1, 0.15) is 6.10 Å². The lowest BCUT2D eigenvalue weighted by molar-refractivity contribution is 0.110. The van der Waals surface area contributed by atoms with Crippen molar-refractivity contribution in [3.8, 4) is 11.1 Å². The highest BCUT2D eigenvalue weighted by Crippen LogP contribution is 2.36. The SMILES string of the molecule is O=C(Nc1ccccc1-c1ccccc1)O[C@@H]1CC2CNC[C@H]2C1. The molecular formula is C20H22N2O2. The standard InChI is InChI=1S/C20H22N2O2/c23-20(24-17-10-15-12-21-13-16(15)11-17)22-19-9-5-4-8-18(19)14-6-2-1-3-7-14/h1-9,15-17,21H,10-13H2,(H,22,23)/t15-,16?,17+/m1/s1. The van der Waals surface area contributed by atoms with Crippen molar-refractivity contribution in [2.24, 2.45) is 11.8 Å². The van der Waals surface area contributed by atoms with Gasteiger partial charge in [-0.25, -0.2) is 4.79 Å². The number of carbonyl (C=O) groups excluding carboxylic acids is 1. The molecule has 1 heterocycles. The molecule has 4 nitrogen and oxygen atoms in total. The number of hydrogen-bond donors (Lipinski definition) is 2. The molecule has 24 heavy (non-hydrogen) atoms. The van der Waals surface area contributed by atoms with Crippen molar-refractivity contribution in [2.75, 3.05) is 18.4 Å². The van der Waals surface area contributed by atoms with Gasteiger partial charge >= 0.3 is 6.09 Å². The van der Waals surface area contributed by atoms with Crippen LogP contribution >= 0.6 is 0 Å². The normalized spacial score (nSPS) is 25.2. The van der Waals surface area contributed by atoms with Crippen LogP contribution in [0, 0.1) is 11.8 Å². The molecule has 0 bridgehead atoms. The molecule has 2 N–H and O–H groups in total. The van der Waals surface area contributed by atoms with Gasteiger partial charge in [0.2, 0.25) is 0 Å². The number of para-hydroxylation sites is 1. The summed E-state index contributed by atoms with van der Waals surface area (Å²) in [4.78, 5) is 12.3. The molecule has 3 atom stereocenters. The summed E-state index contributed by atoms with van der Waals surface area (Å²) in [5.74, 6) is 1.33. The zero-order valence-electron chi connectivity index (χ0n) is 13.6. The topological polar surface area (TPSA) is 50.4 Å². The van der Waals surface area contributed by atoms with Crippen LogP contribution in [0.1, 0.15) is 12.8 Å². The lowest BCUT2D eigenvalue weighted by Gasteiger charge is -2.15. The van der Waals surface area contributed by atoms with E-state index in [9.17, 15) is 4.79 Å². The third kappa shape index (κ3) is 3.15. The van der Waals surface area contributed by atoms with Gasteiger partial charge in [0.05, 0.1) is 5.69 Å². The smallest absolute Gasteiger partial charge is 0.411 e. The van der Waals surface area contributed by atoms with Crippen molar-refractivity contribution >= 4 is 11.8 Å². The molecule has 124 valence electrons. The van der Waals surface area contributed by atoms with Gasteiger partial charge in [-0.15, -0.1) is 0 Å². The van der Waals surface area contributed by atoms with Crippen LogP contribution in [0.2, 0.25) is 0 Å². The van der Waals surface area contributed by atoms with E-state index in [1.165, 1.54) is 0 Å². The summed E-state index contributed by atoms with van der Waals surface area (Å²) in [5.41, 5.74) is 2.87. The van der Waals surface area contributed by atoms with Gasteiger partial charge in [-0.2, -0.15) is 0 Å². The van der Waals surface area contributed by atoms with E-state index < -0.39 is 0 Å². The number of rotatable bonds is 3. The van der Waals surface area contributed by atoms with Crippen LogP contribution < -0.4 is 10.6 Å². The van der Waals surface area contributed by atoms with Crippen molar-refractivity contribution in [2.45, 2.75) is 18.9 Å². The second-order valence-electron chi connectivity index (χ2n) is 6.71. The summed E-state index contributed by atoms with van der Waals surface area (Å²) in [7, 11) is 0. The molecule has 1 saturated heterocycles. The highest BCUT2D eigenvalue weighted by atomic mass is 16.6. The Kier molecular flexibility index (Phi) is 4.22. The Morgan fingerprint density at radius 1 is 0.958 bits per heavy atom. The van der Waals surface area contributed by atoms with Crippen molar-refractivity contribution < 1.29 is 9.53 Å².